The molecule has 1 rings (SSSR count). The van der Waals surface area contributed by atoms with Gasteiger partial charge in [-0.3, -0.25) is 0 Å². The summed E-state index contributed by atoms with van der Waals surface area (Å²) in [6.07, 6.45) is 1.23. The Balaban J connectivity index is 2.58. The van der Waals surface area contributed by atoms with Crippen LogP contribution in [0.15, 0.2) is 24.3 Å². The standard InChI is InChI=1S/C15H25N/c1-6-12(2)11-16-14-9-7-13(8-10-14)15(3,4)5/h7-10,12,16H,6,11H2,1-5H3. The number of hydrogen-bond acceptors (Lipinski definition) is 1. The maximum atomic E-state index is 3.47. The van der Waals surface area contributed by atoms with Crippen molar-refractivity contribution >= 4 is 5.69 Å². The third-order valence-corrected chi connectivity index (χ3v) is 3.10. The average molecular weight is 219 g/mol. The van der Waals surface area contributed by atoms with Crippen LogP contribution in [-0.4, -0.2) is 6.54 Å². The quantitative estimate of drug-likeness (QED) is 0.789. The van der Waals surface area contributed by atoms with Crippen molar-refractivity contribution in [2.45, 2.75) is 46.5 Å². The molecule has 1 heteroatoms. The molecule has 0 spiro atoms. The molecule has 0 radical (unpaired) electrons. The minimum Gasteiger partial charge on any atom is -0.385 e. The Morgan fingerprint density at radius 1 is 1.12 bits per heavy atom. The predicted octanol–water partition coefficient (Wildman–Crippen LogP) is 4.44. The Bertz CT molecular complexity index is 305. The molecule has 1 N–H and O–H groups in total. The average Bonchev–Trinajstić information content (AvgIpc) is 2.25. The molecular weight excluding hydrogens is 194 g/mol. The molecule has 0 amide bonds. The highest BCUT2D eigenvalue weighted by Crippen LogP contribution is 2.23. The smallest absolute Gasteiger partial charge is 0.0340 e. The largest absolute Gasteiger partial charge is 0.385 e. The first-order chi connectivity index (χ1) is 7.43. The van der Waals surface area contributed by atoms with Crippen LogP contribution in [-0.2, 0) is 5.41 Å². The first-order valence-corrected chi connectivity index (χ1v) is 6.28. The van der Waals surface area contributed by atoms with Gasteiger partial charge in [0.05, 0.1) is 0 Å². The van der Waals surface area contributed by atoms with Crippen LogP contribution >= 0.6 is 0 Å². The van der Waals surface area contributed by atoms with Crippen LogP contribution < -0.4 is 5.32 Å². The van der Waals surface area contributed by atoms with Gasteiger partial charge < -0.3 is 5.32 Å². The molecule has 0 aromatic heterocycles. The molecule has 0 fully saturated rings. The van der Waals surface area contributed by atoms with Crippen LogP contribution in [0.25, 0.3) is 0 Å². The Morgan fingerprint density at radius 3 is 2.12 bits per heavy atom. The molecule has 0 saturated carbocycles. The number of anilines is 1. The third-order valence-electron chi connectivity index (χ3n) is 3.10. The fraction of sp³-hybridized carbons (Fsp3) is 0.600. The molecule has 90 valence electrons. The maximum absolute atomic E-state index is 3.47. The van der Waals surface area contributed by atoms with E-state index in [4.69, 9.17) is 0 Å². The number of nitrogens with one attached hydrogen (secondary N) is 1. The van der Waals surface area contributed by atoms with E-state index < -0.39 is 0 Å². The lowest BCUT2D eigenvalue weighted by atomic mass is 9.87. The molecule has 0 aliphatic carbocycles. The van der Waals surface area contributed by atoms with Crippen molar-refractivity contribution in [3.63, 3.8) is 0 Å². The van der Waals surface area contributed by atoms with Gasteiger partial charge in [-0.05, 0) is 29.0 Å². The van der Waals surface area contributed by atoms with Gasteiger partial charge >= 0.3 is 0 Å². The van der Waals surface area contributed by atoms with Crippen molar-refractivity contribution in [3.8, 4) is 0 Å². The van der Waals surface area contributed by atoms with Crippen LogP contribution in [0.4, 0.5) is 5.69 Å². The van der Waals surface area contributed by atoms with E-state index in [0.717, 1.165) is 12.5 Å². The summed E-state index contributed by atoms with van der Waals surface area (Å²) in [6, 6.07) is 8.81. The first kappa shape index (κ1) is 13.1. The van der Waals surface area contributed by atoms with Gasteiger partial charge in [-0.2, -0.15) is 0 Å². The summed E-state index contributed by atoms with van der Waals surface area (Å²) in [7, 11) is 0. The molecule has 1 aromatic carbocycles. The van der Waals surface area contributed by atoms with E-state index in [2.05, 4.69) is 64.2 Å². The molecule has 16 heavy (non-hydrogen) atoms. The summed E-state index contributed by atoms with van der Waals surface area (Å²) in [5.41, 5.74) is 2.87. The van der Waals surface area contributed by atoms with Gasteiger partial charge in [0, 0.05) is 12.2 Å². The second-order valence-corrected chi connectivity index (χ2v) is 5.72. The zero-order valence-electron chi connectivity index (χ0n) is 11.3. The van der Waals surface area contributed by atoms with Crippen LogP contribution in [0.5, 0.6) is 0 Å². The second kappa shape index (κ2) is 5.38. The topological polar surface area (TPSA) is 12.0 Å². The third kappa shape index (κ3) is 3.88. The summed E-state index contributed by atoms with van der Waals surface area (Å²) >= 11 is 0. The number of hydrogen-bond donors (Lipinski definition) is 1. The van der Waals surface area contributed by atoms with Gasteiger partial charge in [-0.1, -0.05) is 53.2 Å². The van der Waals surface area contributed by atoms with E-state index in [1.165, 1.54) is 17.7 Å². The summed E-state index contributed by atoms with van der Waals surface area (Å²) in [6.45, 7) is 12.3. The molecule has 0 bridgehead atoms. The van der Waals surface area contributed by atoms with Crippen molar-refractivity contribution in [3.05, 3.63) is 29.8 Å². The van der Waals surface area contributed by atoms with E-state index in [9.17, 15) is 0 Å². The molecule has 0 heterocycles. The highest BCUT2D eigenvalue weighted by atomic mass is 14.9. The van der Waals surface area contributed by atoms with E-state index in [0.29, 0.717) is 0 Å². The second-order valence-electron chi connectivity index (χ2n) is 5.72. The van der Waals surface area contributed by atoms with Crippen LogP contribution in [0.3, 0.4) is 0 Å². The lowest BCUT2D eigenvalue weighted by Gasteiger charge is -2.19. The fourth-order valence-electron chi connectivity index (χ4n) is 1.52. The van der Waals surface area contributed by atoms with Crippen molar-refractivity contribution in [1.29, 1.82) is 0 Å². The van der Waals surface area contributed by atoms with Gasteiger partial charge in [0.25, 0.3) is 0 Å². The molecule has 1 aromatic rings. The Morgan fingerprint density at radius 2 is 1.69 bits per heavy atom. The zero-order chi connectivity index (χ0) is 12.2. The lowest BCUT2D eigenvalue weighted by Crippen LogP contribution is -2.12. The highest BCUT2D eigenvalue weighted by Gasteiger charge is 2.12. The molecular formula is C15H25N. The summed E-state index contributed by atoms with van der Waals surface area (Å²) in [4.78, 5) is 0. The monoisotopic (exact) mass is 219 g/mol. The van der Waals surface area contributed by atoms with Crippen molar-refractivity contribution in [1.82, 2.24) is 0 Å². The normalized spacial score (nSPS) is 13.6. The first-order valence-electron chi connectivity index (χ1n) is 6.28. The lowest BCUT2D eigenvalue weighted by molar-refractivity contribution is 0.588. The van der Waals surface area contributed by atoms with Gasteiger partial charge in [0.15, 0.2) is 0 Å². The maximum Gasteiger partial charge on any atom is 0.0340 e. The Kier molecular flexibility index (Phi) is 4.40. The molecule has 1 atom stereocenters. The van der Waals surface area contributed by atoms with Crippen LogP contribution in [0.2, 0.25) is 0 Å². The molecule has 0 aliphatic heterocycles. The minimum absolute atomic E-state index is 0.245. The van der Waals surface area contributed by atoms with Gasteiger partial charge in [-0.25, -0.2) is 0 Å². The van der Waals surface area contributed by atoms with Crippen molar-refractivity contribution in [2.75, 3.05) is 11.9 Å². The Labute approximate surface area is 100 Å². The van der Waals surface area contributed by atoms with E-state index >= 15 is 0 Å². The minimum atomic E-state index is 0.245. The van der Waals surface area contributed by atoms with Crippen LogP contribution in [0, 0.1) is 5.92 Å². The predicted molar refractivity (Wildman–Crippen MR) is 73.1 cm³/mol. The van der Waals surface area contributed by atoms with Crippen molar-refractivity contribution in [2.24, 2.45) is 5.92 Å². The number of rotatable bonds is 4. The number of benzene rings is 1. The van der Waals surface area contributed by atoms with Gasteiger partial charge in [-0.15, -0.1) is 0 Å². The summed E-state index contributed by atoms with van der Waals surface area (Å²) in [5.74, 6) is 0.738. The zero-order valence-corrected chi connectivity index (χ0v) is 11.3. The summed E-state index contributed by atoms with van der Waals surface area (Å²) < 4.78 is 0. The highest BCUT2D eigenvalue weighted by molar-refractivity contribution is 5.45. The Hall–Kier alpha value is -0.980. The molecule has 1 nitrogen and oxygen atoms in total. The van der Waals surface area contributed by atoms with E-state index in [-0.39, 0.29) is 5.41 Å². The fourth-order valence-corrected chi connectivity index (χ4v) is 1.52. The van der Waals surface area contributed by atoms with Gasteiger partial charge in [0.1, 0.15) is 0 Å². The van der Waals surface area contributed by atoms with E-state index in [1.54, 1.807) is 0 Å². The molecule has 0 aliphatic rings. The van der Waals surface area contributed by atoms with E-state index in [1.807, 2.05) is 0 Å². The molecule has 0 saturated heterocycles. The van der Waals surface area contributed by atoms with Crippen LogP contribution in [0.1, 0.15) is 46.6 Å². The van der Waals surface area contributed by atoms with Gasteiger partial charge in [0.2, 0.25) is 0 Å². The van der Waals surface area contributed by atoms with Crippen molar-refractivity contribution < 1.29 is 0 Å². The molecule has 1 unspecified atom stereocenters. The SMILES string of the molecule is CCC(C)CNc1ccc(C(C)(C)C)cc1. The summed E-state index contributed by atoms with van der Waals surface area (Å²) in [5, 5.41) is 3.47.